The zero-order valence-corrected chi connectivity index (χ0v) is 9.91. The van der Waals surface area contributed by atoms with Crippen LogP contribution in [0.3, 0.4) is 0 Å². The monoisotopic (exact) mass is 255 g/mol. The van der Waals surface area contributed by atoms with Crippen molar-refractivity contribution in [1.29, 1.82) is 0 Å². The van der Waals surface area contributed by atoms with Crippen LogP contribution >= 0.6 is 0 Å². The van der Waals surface area contributed by atoms with E-state index in [1.165, 1.54) is 12.1 Å². The second kappa shape index (κ2) is 5.92. The van der Waals surface area contributed by atoms with Gasteiger partial charge in [0.25, 0.3) is 0 Å². The molecular weight excluding hydrogens is 242 g/mol. The predicted molar refractivity (Wildman–Crippen MR) is 62.1 cm³/mol. The van der Waals surface area contributed by atoms with Crippen molar-refractivity contribution in [2.24, 2.45) is 0 Å². The van der Waals surface area contributed by atoms with Gasteiger partial charge in [-0.25, -0.2) is 9.78 Å². The number of hydrogen-bond donors (Lipinski definition) is 2. The van der Waals surface area contributed by atoms with Gasteiger partial charge in [-0.3, -0.25) is 10.1 Å². The van der Waals surface area contributed by atoms with Gasteiger partial charge in [-0.05, 0) is 13.0 Å². The second-order valence-corrected chi connectivity index (χ2v) is 3.48. The number of hydrogen-bond acceptors (Lipinski definition) is 7. The first-order valence-electron chi connectivity index (χ1n) is 5.06. The number of aliphatic hydroxyl groups is 1. The molecule has 0 spiro atoms. The van der Waals surface area contributed by atoms with Crippen LogP contribution in [-0.4, -0.2) is 40.7 Å². The Balaban J connectivity index is 3.04. The number of anilines is 1. The molecule has 0 amide bonds. The lowest BCUT2D eigenvalue weighted by molar-refractivity contribution is -0.384. The van der Waals surface area contributed by atoms with E-state index in [9.17, 15) is 14.9 Å². The number of methoxy groups -OCH3 is 1. The maximum absolute atomic E-state index is 11.3. The van der Waals surface area contributed by atoms with Crippen LogP contribution in [0.25, 0.3) is 0 Å². The summed E-state index contributed by atoms with van der Waals surface area (Å²) in [5, 5.41) is 22.3. The van der Waals surface area contributed by atoms with Gasteiger partial charge in [0.15, 0.2) is 0 Å². The third-order valence-corrected chi connectivity index (χ3v) is 2.19. The number of aliphatic hydroxyl groups excluding tert-OH is 1. The maximum atomic E-state index is 11.3. The van der Waals surface area contributed by atoms with Gasteiger partial charge < -0.3 is 15.2 Å². The summed E-state index contributed by atoms with van der Waals surface area (Å²) in [6.45, 7) is 1.10. The summed E-state index contributed by atoms with van der Waals surface area (Å²) in [6, 6.07) is 1.66. The molecule has 1 heterocycles. The fourth-order valence-electron chi connectivity index (χ4n) is 1.29. The summed E-state index contributed by atoms with van der Waals surface area (Å²) >= 11 is 0. The number of nitrogens with one attached hydrogen (secondary N) is 1. The third-order valence-electron chi connectivity index (χ3n) is 2.19. The number of aryl methyl sites for hydroxylation is 1. The summed E-state index contributed by atoms with van der Waals surface area (Å²) in [4.78, 5) is 25.4. The SMILES string of the molecule is COC(=O)C(CO)Nc1nc(C)ccc1[N+](=O)[O-]. The first-order chi connectivity index (χ1) is 8.49. The summed E-state index contributed by atoms with van der Waals surface area (Å²) in [5.74, 6) is -0.806. The molecule has 8 nitrogen and oxygen atoms in total. The Hall–Kier alpha value is -2.22. The van der Waals surface area contributed by atoms with Crippen LogP contribution in [0.1, 0.15) is 5.69 Å². The van der Waals surface area contributed by atoms with Crippen LogP contribution in [0.5, 0.6) is 0 Å². The molecule has 1 atom stereocenters. The summed E-state index contributed by atoms with van der Waals surface area (Å²) in [6.07, 6.45) is 0. The molecule has 8 heteroatoms. The standard InChI is InChI=1S/C10H13N3O5/c1-6-3-4-8(13(16)17)9(11-6)12-7(5-14)10(15)18-2/h3-4,7,14H,5H2,1-2H3,(H,11,12). The predicted octanol–water partition coefficient (Wildman–Crippen LogP) is 0.244. The Morgan fingerprint density at radius 1 is 1.67 bits per heavy atom. The first-order valence-corrected chi connectivity index (χ1v) is 5.06. The molecule has 0 aromatic carbocycles. The van der Waals surface area contributed by atoms with Crippen molar-refractivity contribution < 1.29 is 19.6 Å². The van der Waals surface area contributed by atoms with E-state index in [2.05, 4.69) is 15.0 Å². The minimum Gasteiger partial charge on any atom is -0.467 e. The summed E-state index contributed by atoms with van der Waals surface area (Å²) in [5.41, 5.74) is 0.271. The number of rotatable bonds is 5. The van der Waals surface area contributed by atoms with Crippen molar-refractivity contribution in [3.63, 3.8) is 0 Å². The van der Waals surface area contributed by atoms with Gasteiger partial charge in [0.2, 0.25) is 5.82 Å². The van der Waals surface area contributed by atoms with E-state index in [1.807, 2.05) is 0 Å². The zero-order valence-electron chi connectivity index (χ0n) is 9.91. The van der Waals surface area contributed by atoms with Crippen molar-refractivity contribution in [1.82, 2.24) is 4.98 Å². The number of nitro groups is 1. The van der Waals surface area contributed by atoms with Gasteiger partial charge in [0.05, 0.1) is 18.6 Å². The third kappa shape index (κ3) is 3.14. The van der Waals surface area contributed by atoms with E-state index >= 15 is 0 Å². The minimum atomic E-state index is -1.09. The molecule has 18 heavy (non-hydrogen) atoms. The molecule has 0 aliphatic heterocycles. The van der Waals surface area contributed by atoms with Crippen LogP contribution in [0.15, 0.2) is 12.1 Å². The molecule has 0 aliphatic carbocycles. The normalized spacial score (nSPS) is 11.7. The Labute approximate surface area is 103 Å². The molecule has 1 unspecified atom stereocenters. The zero-order chi connectivity index (χ0) is 13.7. The van der Waals surface area contributed by atoms with E-state index in [1.54, 1.807) is 6.92 Å². The second-order valence-electron chi connectivity index (χ2n) is 3.48. The molecule has 1 rings (SSSR count). The fraction of sp³-hybridized carbons (Fsp3) is 0.400. The average Bonchev–Trinajstić information content (AvgIpc) is 2.34. The number of carbonyl (C=O) groups excluding carboxylic acids is 1. The van der Waals surface area contributed by atoms with Gasteiger partial charge in [0, 0.05) is 11.8 Å². The van der Waals surface area contributed by atoms with Crippen LogP contribution in [0.4, 0.5) is 11.5 Å². The maximum Gasteiger partial charge on any atom is 0.330 e. The molecule has 0 aliphatic rings. The van der Waals surface area contributed by atoms with Crippen molar-refractivity contribution in [2.75, 3.05) is 19.0 Å². The molecule has 0 radical (unpaired) electrons. The molecule has 0 saturated heterocycles. The highest BCUT2D eigenvalue weighted by molar-refractivity contribution is 5.80. The molecule has 0 bridgehead atoms. The smallest absolute Gasteiger partial charge is 0.330 e. The van der Waals surface area contributed by atoms with Gasteiger partial charge >= 0.3 is 11.7 Å². The molecule has 1 aromatic heterocycles. The topological polar surface area (TPSA) is 115 Å². The van der Waals surface area contributed by atoms with E-state index < -0.39 is 23.5 Å². The fourth-order valence-corrected chi connectivity index (χ4v) is 1.29. The molecule has 98 valence electrons. The van der Waals surface area contributed by atoms with Crippen LogP contribution < -0.4 is 5.32 Å². The molecular formula is C10H13N3O5. The van der Waals surface area contributed by atoms with Gasteiger partial charge in [-0.2, -0.15) is 0 Å². The number of ether oxygens (including phenoxy) is 1. The lowest BCUT2D eigenvalue weighted by atomic mass is 10.3. The lowest BCUT2D eigenvalue weighted by Crippen LogP contribution is -2.34. The largest absolute Gasteiger partial charge is 0.467 e. The molecule has 1 aromatic rings. The number of esters is 1. The highest BCUT2D eigenvalue weighted by atomic mass is 16.6. The first kappa shape index (κ1) is 13.8. The van der Waals surface area contributed by atoms with Crippen LogP contribution in [0, 0.1) is 17.0 Å². The lowest BCUT2D eigenvalue weighted by Gasteiger charge is -2.14. The van der Waals surface area contributed by atoms with Crippen LogP contribution in [-0.2, 0) is 9.53 Å². The highest BCUT2D eigenvalue weighted by Gasteiger charge is 2.23. The Morgan fingerprint density at radius 3 is 2.83 bits per heavy atom. The van der Waals surface area contributed by atoms with Gasteiger partial charge in [-0.15, -0.1) is 0 Å². The summed E-state index contributed by atoms with van der Waals surface area (Å²) < 4.78 is 4.45. The number of pyridine rings is 1. The average molecular weight is 255 g/mol. The van der Waals surface area contributed by atoms with Crippen molar-refractivity contribution in [2.45, 2.75) is 13.0 Å². The molecule has 2 N–H and O–H groups in total. The van der Waals surface area contributed by atoms with Crippen molar-refractivity contribution in [3.8, 4) is 0 Å². The molecule has 0 saturated carbocycles. The van der Waals surface area contributed by atoms with Gasteiger partial charge in [0.1, 0.15) is 6.04 Å². The Bertz CT molecular complexity index is 463. The Morgan fingerprint density at radius 2 is 2.33 bits per heavy atom. The minimum absolute atomic E-state index is 0.0792. The highest BCUT2D eigenvalue weighted by Crippen LogP contribution is 2.22. The number of nitrogens with zero attached hydrogens (tertiary/aromatic N) is 2. The number of carbonyl (C=O) groups is 1. The van der Waals surface area contributed by atoms with E-state index in [-0.39, 0.29) is 11.5 Å². The Kier molecular flexibility index (Phi) is 4.55. The summed E-state index contributed by atoms with van der Waals surface area (Å²) in [7, 11) is 1.16. The van der Waals surface area contributed by atoms with Crippen molar-refractivity contribution >= 4 is 17.5 Å². The van der Waals surface area contributed by atoms with E-state index in [0.29, 0.717) is 5.69 Å². The van der Waals surface area contributed by atoms with Gasteiger partial charge in [-0.1, -0.05) is 0 Å². The van der Waals surface area contributed by atoms with E-state index in [4.69, 9.17) is 5.11 Å². The quantitative estimate of drug-likeness (QED) is 0.440. The van der Waals surface area contributed by atoms with Crippen LogP contribution in [0.2, 0.25) is 0 Å². The number of aromatic nitrogens is 1. The molecule has 0 fully saturated rings. The van der Waals surface area contributed by atoms with E-state index in [0.717, 1.165) is 7.11 Å². The van der Waals surface area contributed by atoms with Crippen molar-refractivity contribution in [3.05, 3.63) is 27.9 Å².